The first kappa shape index (κ1) is 11.3. The van der Waals surface area contributed by atoms with Gasteiger partial charge in [-0.05, 0) is 13.8 Å². The summed E-state index contributed by atoms with van der Waals surface area (Å²) in [5, 5.41) is 9.67. The lowest BCUT2D eigenvalue weighted by atomic mass is 10.1. The molecule has 0 aromatic heterocycles. The van der Waals surface area contributed by atoms with Gasteiger partial charge in [0.1, 0.15) is 12.2 Å². The van der Waals surface area contributed by atoms with Crippen LogP contribution in [-0.4, -0.2) is 49.2 Å². The van der Waals surface area contributed by atoms with Crippen LogP contribution in [0.3, 0.4) is 0 Å². The van der Waals surface area contributed by atoms with Crippen molar-refractivity contribution in [1.29, 1.82) is 0 Å². The van der Waals surface area contributed by atoms with Gasteiger partial charge in [0.25, 0.3) is 0 Å². The molecule has 2 aliphatic heterocycles. The molecule has 2 heterocycles. The first-order valence-electron chi connectivity index (χ1n) is 5.20. The van der Waals surface area contributed by atoms with E-state index in [9.17, 15) is 5.11 Å². The third-order valence-electron chi connectivity index (χ3n) is 2.68. The zero-order valence-electron chi connectivity index (χ0n) is 9.30. The Bertz CT molecular complexity index is 214. The van der Waals surface area contributed by atoms with Crippen LogP contribution in [0, 0.1) is 0 Å². The predicted octanol–water partition coefficient (Wildman–Crippen LogP) is 0.260. The summed E-state index contributed by atoms with van der Waals surface area (Å²) >= 11 is 0. The Morgan fingerprint density at radius 3 is 2.80 bits per heavy atom. The van der Waals surface area contributed by atoms with E-state index in [4.69, 9.17) is 18.9 Å². The Morgan fingerprint density at radius 2 is 2.20 bits per heavy atom. The molecule has 0 aromatic rings. The largest absolute Gasteiger partial charge is 0.388 e. The van der Waals surface area contributed by atoms with Gasteiger partial charge in [-0.15, -0.1) is 0 Å². The van der Waals surface area contributed by atoms with Crippen molar-refractivity contribution in [2.45, 2.75) is 50.7 Å². The smallest absolute Gasteiger partial charge is 0.187 e. The quantitative estimate of drug-likeness (QED) is 0.736. The van der Waals surface area contributed by atoms with E-state index < -0.39 is 11.9 Å². The zero-order chi connectivity index (χ0) is 11.1. The van der Waals surface area contributed by atoms with E-state index in [1.165, 1.54) is 0 Å². The topological polar surface area (TPSA) is 57.2 Å². The molecule has 2 fully saturated rings. The molecule has 15 heavy (non-hydrogen) atoms. The molecule has 0 aromatic carbocycles. The van der Waals surface area contributed by atoms with Crippen LogP contribution in [0.2, 0.25) is 0 Å². The lowest BCUT2D eigenvalue weighted by Crippen LogP contribution is -2.33. The van der Waals surface area contributed by atoms with Crippen molar-refractivity contribution in [2.24, 2.45) is 0 Å². The van der Waals surface area contributed by atoms with Gasteiger partial charge in [-0.2, -0.15) is 0 Å². The average Bonchev–Trinajstić information content (AvgIpc) is 2.57. The van der Waals surface area contributed by atoms with Crippen molar-refractivity contribution in [3.63, 3.8) is 0 Å². The van der Waals surface area contributed by atoms with Crippen molar-refractivity contribution in [1.82, 2.24) is 0 Å². The summed E-state index contributed by atoms with van der Waals surface area (Å²) < 4.78 is 21.6. The van der Waals surface area contributed by atoms with E-state index in [0.29, 0.717) is 6.42 Å². The highest BCUT2D eigenvalue weighted by molar-refractivity contribution is 4.88. The third-order valence-corrected chi connectivity index (χ3v) is 2.68. The van der Waals surface area contributed by atoms with Gasteiger partial charge >= 0.3 is 0 Å². The normalized spacial score (nSPS) is 40.4. The van der Waals surface area contributed by atoms with E-state index in [-0.39, 0.29) is 25.1 Å². The number of methoxy groups -OCH3 is 1. The number of aliphatic hydroxyl groups excluding tert-OH is 1. The Kier molecular flexibility index (Phi) is 3.00. The van der Waals surface area contributed by atoms with Crippen molar-refractivity contribution in [2.75, 3.05) is 13.7 Å². The lowest BCUT2D eigenvalue weighted by molar-refractivity contribution is -0.215. The molecule has 0 amide bonds. The highest BCUT2D eigenvalue weighted by atomic mass is 16.8. The summed E-state index contributed by atoms with van der Waals surface area (Å²) in [5.41, 5.74) is 0. The standard InChI is InChI=1S/C10H18O5/c1-10(2)14-8-4-7(6(11)5-12-3)13-9(8)15-10/h6-9,11H,4-5H2,1-3H3/t6?,7-,8+,9+/m0/s1. The Hall–Kier alpha value is -0.200. The average molecular weight is 218 g/mol. The Morgan fingerprint density at radius 1 is 1.47 bits per heavy atom. The molecule has 0 saturated carbocycles. The second-order valence-corrected chi connectivity index (χ2v) is 4.48. The van der Waals surface area contributed by atoms with Crippen LogP contribution in [0.15, 0.2) is 0 Å². The summed E-state index contributed by atoms with van der Waals surface area (Å²) in [6, 6.07) is 0. The minimum atomic E-state index is -0.615. The summed E-state index contributed by atoms with van der Waals surface area (Å²) in [6.45, 7) is 3.98. The molecule has 0 spiro atoms. The van der Waals surface area contributed by atoms with Gasteiger partial charge in [0.05, 0.1) is 12.7 Å². The summed E-state index contributed by atoms with van der Waals surface area (Å²) in [4.78, 5) is 0. The van der Waals surface area contributed by atoms with Gasteiger partial charge in [-0.3, -0.25) is 0 Å². The molecule has 5 heteroatoms. The lowest BCUT2D eigenvalue weighted by Gasteiger charge is -2.22. The number of ether oxygens (including phenoxy) is 4. The number of rotatable bonds is 3. The van der Waals surface area contributed by atoms with Gasteiger partial charge in [0.2, 0.25) is 0 Å². The second-order valence-electron chi connectivity index (χ2n) is 4.48. The fraction of sp³-hybridized carbons (Fsp3) is 1.00. The molecule has 88 valence electrons. The molecular weight excluding hydrogens is 200 g/mol. The zero-order valence-corrected chi connectivity index (χ0v) is 9.30. The molecule has 5 nitrogen and oxygen atoms in total. The van der Waals surface area contributed by atoms with Gasteiger partial charge < -0.3 is 24.1 Å². The molecular formula is C10H18O5. The SMILES string of the molecule is COCC(O)[C@@H]1C[C@H]2OC(C)(C)O[C@H]2O1. The minimum absolute atomic E-state index is 0.0727. The molecule has 2 saturated heterocycles. The maximum atomic E-state index is 9.67. The van der Waals surface area contributed by atoms with E-state index in [2.05, 4.69) is 0 Å². The molecule has 0 radical (unpaired) electrons. The molecule has 0 bridgehead atoms. The second kappa shape index (κ2) is 3.99. The number of hydrogen-bond acceptors (Lipinski definition) is 5. The van der Waals surface area contributed by atoms with Crippen molar-refractivity contribution < 1.29 is 24.1 Å². The van der Waals surface area contributed by atoms with Crippen LogP contribution >= 0.6 is 0 Å². The summed E-state index contributed by atoms with van der Waals surface area (Å²) in [5.74, 6) is -0.577. The molecule has 0 aliphatic carbocycles. The minimum Gasteiger partial charge on any atom is -0.388 e. The van der Waals surface area contributed by atoms with Crippen molar-refractivity contribution >= 4 is 0 Å². The fourth-order valence-corrected chi connectivity index (χ4v) is 2.06. The molecule has 1 unspecified atom stereocenters. The fourth-order valence-electron chi connectivity index (χ4n) is 2.06. The van der Waals surface area contributed by atoms with Crippen LogP contribution in [0.1, 0.15) is 20.3 Å². The highest BCUT2D eigenvalue weighted by Gasteiger charge is 2.49. The van der Waals surface area contributed by atoms with Gasteiger partial charge in [-0.1, -0.05) is 0 Å². The van der Waals surface area contributed by atoms with Crippen molar-refractivity contribution in [3.05, 3.63) is 0 Å². The molecule has 2 aliphatic rings. The van der Waals surface area contributed by atoms with Gasteiger partial charge in [0, 0.05) is 13.5 Å². The highest BCUT2D eigenvalue weighted by Crippen LogP contribution is 2.37. The van der Waals surface area contributed by atoms with Gasteiger partial charge in [0.15, 0.2) is 12.1 Å². The first-order chi connectivity index (χ1) is 7.02. The van der Waals surface area contributed by atoms with E-state index in [1.54, 1.807) is 7.11 Å². The monoisotopic (exact) mass is 218 g/mol. The maximum absolute atomic E-state index is 9.67. The number of fused-ring (bicyclic) bond motifs is 1. The maximum Gasteiger partial charge on any atom is 0.187 e. The molecule has 4 atom stereocenters. The Labute approximate surface area is 89.3 Å². The summed E-state index contributed by atoms with van der Waals surface area (Å²) in [6.07, 6.45) is -0.640. The van der Waals surface area contributed by atoms with Crippen LogP contribution < -0.4 is 0 Å². The molecule has 2 rings (SSSR count). The third kappa shape index (κ3) is 2.32. The van der Waals surface area contributed by atoms with E-state index >= 15 is 0 Å². The van der Waals surface area contributed by atoms with E-state index in [1.807, 2.05) is 13.8 Å². The van der Waals surface area contributed by atoms with Crippen LogP contribution in [-0.2, 0) is 18.9 Å². The van der Waals surface area contributed by atoms with Crippen molar-refractivity contribution in [3.8, 4) is 0 Å². The predicted molar refractivity (Wildman–Crippen MR) is 51.2 cm³/mol. The Balaban J connectivity index is 1.88. The van der Waals surface area contributed by atoms with Crippen LogP contribution in [0.5, 0.6) is 0 Å². The number of hydrogen-bond donors (Lipinski definition) is 1. The van der Waals surface area contributed by atoms with Crippen LogP contribution in [0.4, 0.5) is 0 Å². The van der Waals surface area contributed by atoms with Crippen LogP contribution in [0.25, 0.3) is 0 Å². The first-order valence-corrected chi connectivity index (χ1v) is 5.20. The van der Waals surface area contributed by atoms with Gasteiger partial charge in [-0.25, -0.2) is 0 Å². The molecule has 1 N–H and O–H groups in total. The van der Waals surface area contributed by atoms with E-state index in [0.717, 1.165) is 0 Å². The number of aliphatic hydroxyl groups is 1. The summed E-state index contributed by atoms with van der Waals surface area (Å²) in [7, 11) is 1.55.